The number of allylic oxidation sites excluding steroid dienone is 1. The van der Waals surface area contributed by atoms with E-state index in [2.05, 4.69) is 9.89 Å². The van der Waals surface area contributed by atoms with Crippen LogP contribution in [0.15, 0.2) is 46.7 Å². The molecule has 2 aromatic rings. The molecule has 6 aliphatic rings. The number of benzene rings is 2. The highest BCUT2D eigenvalue weighted by atomic mass is 16.7. The molecule has 1 saturated heterocycles. The van der Waals surface area contributed by atoms with Gasteiger partial charge in [0.1, 0.15) is 42.3 Å². The highest BCUT2D eigenvalue weighted by Crippen LogP contribution is 2.58. The van der Waals surface area contributed by atoms with E-state index in [9.17, 15) is 24.9 Å². The van der Waals surface area contributed by atoms with Gasteiger partial charge < -0.3 is 70.0 Å². The molecule has 282 valence electrons. The van der Waals surface area contributed by atoms with Gasteiger partial charge in [-0.05, 0) is 30.5 Å². The quantitative estimate of drug-likeness (QED) is 0.114. The zero-order chi connectivity index (χ0) is 37.3. The molecule has 0 amide bonds. The number of carbonyl (C=O) groups excluding carboxylic acids is 1. The van der Waals surface area contributed by atoms with Gasteiger partial charge in [0.25, 0.3) is 0 Å². The topological polar surface area (TPSA) is 247 Å². The Bertz CT molecular complexity index is 1950. The number of aliphatic imine (C=N–C) groups is 1. The lowest BCUT2D eigenvalue weighted by Gasteiger charge is -2.48. The van der Waals surface area contributed by atoms with Crippen LogP contribution in [-0.2, 0) is 32.0 Å². The standard InChI is InChI=1S/C36H40N4O13/c1-47-21-4-3-17-19-14-49-23-9-22-16(18(12-40-11-15-6-8-39-20(15)13-40)26(23)28(19)52-29(17)30(21)48-2)5-7-36(46)33(45)27(44)31(53-35(36)50-22)32(34(37)38)51-25(43)10-24(41)42/h3-4,6,8-9,13,19,27-28,31-35,44-46H,5,7,10-12,14,37-38H2,1-2H3,(H,41,42)/t19-,27+,28+,31-,32-,33-,35+,36+/m0/s1. The third-order valence-electron chi connectivity index (χ3n) is 10.8. The number of methoxy groups -OCH3 is 2. The second-order valence-corrected chi connectivity index (χ2v) is 13.9. The van der Waals surface area contributed by atoms with Gasteiger partial charge in [0.05, 0.1) is 38.6 Å². The third kappa shape index (κ3) is 5.75. The molecule has 17 nitrogen and oxygen atoms in total. The fourth-order valence-corrected chi connectivity index (χ4v) is 8.16. The van der Waals surface area contributed by atoms with Gasteiger partial charge in [-0.25, -0.2) is 0 Å². The van der Waals surface area contributed by atoms with E-state index in [1.54, 1.807) is 26.5 Å². The van der Waals surface area contributed by atoms with Crippen LogP contribution in [0.25, 0.3) is 0 Å². The number of aliphatic carboxylic acids is 1. The molecule has 53 heavy (non-hydrogen) atoms. The van der Waals surface area contributed by atoms with Crippen LogP contribution in [0, 0.1) is 0 Å². The Labute approximate surface area is 302 Å². The minimum absolute atomic E-state index is 0.128. The van der Waals surface area contributed by atoms with Crippen molar-refractivity contribution in [3.8, 4) is 28.7 Å². The van der Waals surface area contributed by atoms with E-state index in [0.29, 0.717) is 41.7 Å². The van der Waals surface area contributed by atoms with Gasteiger partial charge in [-0.2, -0.15) is 0 Å². The van der Waals surface area contributed by atoms with Crippen LogP contribution < -0.4 is 35.2 Å². The Morgan fingerprint density at radius 1 is 1.15 bits per heavy atom. The number of aliphatic hydroxyl groups is 3. The lowest BCUT2D eigenvalue weighted by atomic mass is 9.80. The first kappa shape index (κ1) is 35.1. The summed E-state index contributed by atoms with van der Waals surface area (Å²) < 4.78 is 42.1. The lowest BCUT2D eigenvalue weighted by Crippen LogP contribution is -2.71. The zero-order valence-electron chi connectivity index (χ0n) is 28.8. The SMILES string of the molecule is COc1ccc2c(c1OC)O[C@H]1c3c(cc4c(c3CN3C=C5N=CC=C5C3)CC[C@]3(O)[C@H](O4)O[C@H]([C@H](OC(=O)CC(=O)O)C(N)N)[C@@H](O)[C@@H]3O)OC[C@@H]21. The van der Waals surface area contributed by atoms with Crippen molar-refractivity contribution >= 4 is 18.2 Å². The molecule has 0 spiro atoms. The summed E-state index contributed by atoms with van der Waals surface area (Å²) >= 11 is 0. The molecule has 0 aliphatic carbocycles. The van der Waals surface area contributed by atoms with Crippen molar-refractivity contribution in [3.63, 3.8) is 0 Å². The van der Waals surface area contributed by atoms with Crippen molar-refractivity contribution in [2.75, 3.05) is 27.4 Å². The number of nitrogens with two attached hydrogens (primary N) is 2. The first-order valence-corrected chi connectivity index (χ1v) is 17.2. The predicted molar refractivity (Wildman–Crippen MR) is 182 cm³/mol. The highest BCUT2D eigenvalue weighted by molar-refractivity contribution is 5.90. The molecule has 2 aromatic carbocycles. The first-order valence-electron chi connectivity index (χ1n) is 17.2. The van der Waals surface area contributed by atoms with Gasteiger partial charge >= 0.3 is 11.9 Å². The fraction of sp³-hybridized carbons (Fsp3) is 0.472. The van der Waals surface area contributed by atoms with Crippen molar-refractivity contribution in [2.45, 2.75) is 80.3 Å². The Hall–Kier alpha value is -4.91. The largest absolute Gasteiger partial charge is 0.493 e. The van der Waals surface area contributed by atoms with Crippen molar-refractivity contribution < 1.29 is 63.2 Å². The van der Waals surface area contributed by atoms with Gasteiger partial charge in [-0.3, -0.25) is 14.6 Å². The van der Waals surface area contributed by atoms with Gasteiger partial charge in [0, 0.05) is 53.8 Å². The molecule has 1 fully saturated rings. The number of esters is 1. The minimum atomic E-state index is -2.17. The Morgan fingerprint density at radius 3 is 2.68 bits per heavy atom. The molecule has 6 aliphatic heterocycles. The van der Waals surface area contributed by atoms with Crippen molar-refractivity contribution in [3.05, 3.63) is 64.0 Å². The number of hydrogen-bond acceptors (Lipinski definition) is 16. The summed E-state index contributed by atoms with van der Waals surface area (Å²) in [4.78, 5) is 30.0. The number of hydrogen-bond donors (Lipinski definition) is 6. The maximum Gasteiger partial charge on any atom is 0.317 e. The normalized spacial score (nSPS) is 29.4. The molecule has 8 rings (SSSR count). The van der Waals surface area contributed by atoms with E-state index in [1.807, 2.05) is 24.4 Å². The van der Waals surface area contributed by atoms with E-state index in [0.717, 1.165) is 28.0 Å². The van der Waals surface area contributed by atoms with Crippen LogP contribution in [-0.4, -0.2) is 113 Å². The van der Waals surface area contributed by atoms with Crippen LogP contribution in [0.3, 0.4) is 0 Å². The summed E-state index contributed by atoms with van der Waals surface area (Å²) in [6.07, 6.45) is -5.81. The number of rotatable bonds is 9. The highest BCUT2D eigenvalue weighted by Gasteiger charge is 2.60. The molecule has 0 bridgehead atoms. The van der Waals surface area contributed by atoms with Crippen LogP contribution in [0.2, 0.25) is 0 Å². The van der Waals surface area contributed by atoms with E-state index < -0.39 is 66.9 Å². The minimum Gasteiger partial charge on any atom is -0.493 e. The van der Waals surface area contributed by atoms with E-state index in [4.69, 9.17) is 49.7 Å². The molecule has 17 heteroatoms. The molecule has 0 saturated carbocycles. The summed E-state index contributed by atoms with van der Waals surface area (Å²) in [6.45, 7) is 1.24. The number of fused-ring (bicyclic) bond motifs is 8. The number of carbonyl (C=O) groups is 2. The predicted octanol–water partition coefficient (Wildman–Crippen LogP) is 0.114. The summed E-state index contributed by atoms with van der Waals surface area (Å²) in [5, 5.41) is 43.8. The summed E-state index contributed by atoms with van der Waals surface area (Å²) in [5.41, 5.74) is 14.7. The average molecular weight is 737 g/mol. The molecular weight excluding hydrogens is 696 g/mol. The smallest absolute Gasteiger partial charge is 0.317 e. The lowest BCUT2D eigenvalue weighted by molar-refractivity contribution is -0.329. The van der Waals surface area contributed by atoms with Gasteiger partial charge in [-0.1, -0.05) is 6.07 Å². The first-order chi connectivity index (χ1) is 25.4. The number of carboxylic acid groups (broad SMARTS) is 1. The number of nitrogens with zero attached hydrogens (tertiary/aromatic N) is 2. The number of carboxylic acids is 1. The molecule has 0 unspecified atom stereocenters. The zero-order valence-corrected chi connectivity index (χ0v) is 28.8. The van der Waals surface area contributed by atoms with Crippen molar-refractivity contribution in [2.24, 2.45) is 16.5 Å². The maximum atomic E-state index is 12.3. The van der Waals surface area contributed by atoms with E-state index in [-0.39, 0.29) is 31.1 Å². The summed E-state index contributed by atoms with van der Waals surface area (Å²) in [6, 6.07) is 5.47. The summed E-state index contributed by atoms with van der Waals surface area (Å²) in [5.74, 6) is -0.532. The van der Waals surface area contributed by atoms with Gasteiger partial charge in [0.2, 0.25) is 12.0 Å². The summed E-state index contributed by atoms with van der Waals surface area (Å²) in [7, 11) is 3.11. The fourth-order valence-electron chi connectivity index (χ4n) is 8.16. The van der Waals surface area contributed by atoms with Crippen LogP contribution in [0.1, 0.15) is 47.1 Å². The van der Waals surface area contributed by atoms with Gasteiger partial charge in [-0.15, -0.1) is 0 Å². The Morgan fingerprint density at radius 2 is 1.96 bits per heavy atom. The third-order valence-corrected chi connectivity index (χ3v) is 10.8. The van der Waals surface area contributed by atoms with Crippen LogP contribution >= 0.6 is 0 Å². The average Bonchev–Trinajstić information content (AvgIpc) is 3.81. The molecular formula is C36H40N4O13. The monoisotopic (exact) mass is 736 g/mol. The van der Waals surface area contributed by atoms with Crippen molar-refractivity contribution in [1.82, 2.24) is 4.90 Å². The second-order valence-electron chi connectivity index (χ2n) is 13.9. The van der Waals surface area contributed by atoms with Gasteiger partial charge in [0.15, 0.2) is 23.2 Å². The molecule has 8 atom stereocenters. The molecule has 0 radical (unpaired) electrons. The molecule has 8 N–H and O–H groups in total. The maximum absolute atomic E-state index is 12.3. The molecule has 0 aromatic heterocycles. The van der Waals surface area contributed by atoms with E-state index in [1.165, 1.54) is 0 Å². The Kier molecular flexibility index (Phi) is 8.74. The van der Waals surface area contributed by atoms with E-state index >= 15 is 0 Å². The Balaban J connectivity index is 1.19. The second kappa shape index (κ2) is 13.2. The number of aliphatic hydroxyl groups excluding tert-OH is 2. The molecule has 6 heterocycles. The van der Waals surface area contributed by atoms with Crippen LogP contribution in [0.5, 0.6) is 28.7 Å². The number of ether oxygens (including phenoxy) is 7. The van der Waals surface area contributed by atoms with Crippen molar-refractivity contribution in [1.29, 1.82) is 0 Å². The van der Waals surface area contributed by atoms with Crippen LogP contribution in [0.4, 0.5) is 0 Å².